The van der Waals surface area contributed by atoms with Crippen molar-refractivity contribution >= 4 is 17.5 Å². The molecule has 0 atom stereocenters. The summed E-state index contributed by atoms with van der Waals surface area (Å²) in [6, 6.07) is 16.8. The third kappa shape index (κ3) is 4.06. The van der Waals surface area contributed by atoms with Crippen LogP contribution in [0, 0.1) is 13.8 Å². The Balaban J connectivity index is 1.56. The highest BCUT2D eigenvalue weighted by Crippen LogP contribution is 2.22. The maximum atomic E-state index is 12.2. The van der Waals surface area contributed by atoms with Gasteiger partial charge in [0.25, 0.3) is 5.91 Å². The Morgan fingerprint density at radius 3 is 2.42 bits per heavy atom. The highest BCUT2D eigenvalue weighted by atomic mass is 35.5. The molecule has 1 heterocycles. The largest absolute Gasteiger partial charge is 0.492 e. The lowest BCUT2D eigenvalue weighted by Crippen LogP contribution is -2.28. The minimum absolute atomic E-state index is 0.139. The number of carbonyl (C=O) groups excluding carboxylic acids is 1. The number of nitrogens with one attached hydrogen (secondary N) is 1. The fourth-order valence-electron chi connectivity index (χ4n) is 2.58. The summed E-state index contributed by atoms with van der Waals surface area (Å²) >= 11 is 6.19. The molecule has 0 saturated carbocycles. The van der Waals surface area contributed by atoms with Gasteiger partial charge in [-0.3, -0.25) is 4.79 Å². The number of nitrogens with zero attached hydrogens (tertiary/aromatic N) is 2. The Kier molecular flexibility index (Phi) is 5.58. The number of para-hydroxylation sites is 1. The molecule has 1 aromatic heterocycles. The van der Waals surface area contributed by atoms with E-state index in [0.29, 0.717) is 23.7 Å². The number of amides is 1. The second-order valence-electron chi connectivity index (χ2n) is 5.86. The molecule has 6 heteroatoms. The zero-order chi connectivity index (χ0) is 18.5. The summed E-state index contributed by atoms with van der Waals surface area (Å²) in [5.74, 6) is 0.647. The maximum Gasteiger partial charge on any atom is 0.251 e. The summed E-state index contributed by atoms with van der Waals surface area (Å²) < 4.78 is 7.33. The first-order valence-corrected chi connectivity index (χ1v) is 8.72. The molecule has 0 aliphatic rings. The van der Waals surface area contributed by atoms with E-state index in [0.717, 1.165) is 22.8 Å². The fourth-order valence-corrected chi connectivity index (χ4v) is 2.70. The van der Waals surface area contributed by atoms with Gasteiger partial charge in [-0.1, -0.05) is 29.8 Å². The molecule has 26 heavy (non-hydrogen) atoms. The Bertz CT molecular complexity index is 889. The molecule has 0 unspecified atom stereocenters. The molecule has 3 aromatic rings. The number of benzene rings is 2. The number of aromatic nitrogens is 2. The van der Waals surface area contributed by atoms with Crippen LogP contribution in [0.2, 0.25) is 5.02 Å². The summed E-state index contributed by atoms with van der Waals surface area (Å²) in [5.41, 5.74) is 3.10. The van der Waals surface area contributed by atoms with Crippen LogP contribution in [0.4, 0.5) is 0 Å². The van der Waals surface area contributed by atoms with E-state index in [2.05, 4.69) is 10.4 Å². The number of hydrogen-bond acceptors (Lipinski definition) is 3. The number of ether oxygens (including phenoxy) is 1. The Labute approximate surface area is 157 Å². The SMILES string of the molecule is Cc1nn(-c2ccc(C(=O)NCCOc3ccccc3)cc2)c(C)c1Cl. The summed E-state index contributed by atoms with van der Waals surface area (Å²) in [6.07, 6.45) is 0. The molecule has 2 aromatic carbocycles. The number of halogens is 1. The first-order chi connectivity index (χ1) is 12.6. The normalized spacial score (nSPS) is 10.6. The quantitative estimate of drug-likeness (QED) is 0.669. The summed E-state index contributed by atoms with van der Waals surface area (Å²) in [4.78, 5) is 12.2. The van der Waals surface area contributed by atoms with E-state index in [1.54, 1.807) is 16.8 Å². The standard InChI is InChI=1S/C20H20ClN3O2/c1-14-19(21)15(2)24(23-14)17-10-8-16(9-11-17)20(25)22-12-13-26-18-6-4-3-5-7-18/h3-11H,12-13H2,1-2H3,(H,22,25). The number of rotatable bonds is 6. The topological polar surface area (TPSA) is 56.2 Å². The van der Waals surface area contributed by atoms with Crippen LogP contribution in [0.3, 0.4) is 0 Å². The van der Waals surface area contributed by atoms with Gasteiger partial charge in [-0.25, -0.2) is 4.68 Å². The van der Waals surface area contributed by atoms with Crippen LogP contribution < -0.4 is 10.1 Å². The fraction of sp³-hybridized carbons (Fsp3) is 0.200. The smallest absolute Gasteiger partial charge is 0.251 e. The molecule has 0 fully saturated rings. The molecule has 0 aliphatic heterocycles. The van der Waals surface area contributed by atoms with Crippen molar-refractivity contribution in [3.63, 3.8) is 0 Å². The van der Waals surface area contributed by atoms with Crippen molar-refractivity contribution < 1.29 is 9.53 Å². The number of aryl methyl sites for hydroxylation is 1. The predicted octanol–water partition coefficient (Wildman–Crippen LogP) is 3.95. The molecular formula is C20H20ClN3O2. The minimum Gasteiger partial charge on any atom is -0.492 e. The van der Waals surface area contributed by atoms with Gasteiger partial charge in [-0.2, -0.15) is 5.10 Å². The average molecular weight is 370 g/mol. The van der Waals surface area contributed by atoms with Crippen molar-refractivity contribution in [2.24, 2.45) is 0 Å². The third-order valence-electron chi connectivity index (χ3n) is 3.98. The van der Waals surface area contributed by atoms with Crippen LogP contribution in [0.5, 0.6) is 5.75 Å². The minimum atomic E-state index is -0.139. The van der Waals surface area contributed by atoms with Crippen molar-refractivity contribution in [2.45, 2.75) is 13.8 Å². The molecule has 1 N–H and O–H groups in total. The molecule has 5 nitrogen and oxygen atoms in total. The molecular weight excluding hydrogens is 350 g/mol. The van der Waals surface area contributed by atoms with Crippen molar-refractivity contribution in [3.05, 3.63) is 76.6 Å². The highest BCUT2D eigenvalue weighted by Gasteiger charge is 2.11. The lowest BCUT2D eigenvalue weighted by atomic mass is 10.2. The lowest BCUT2D eigenvalue weighted by Gasteiger charge is -2.09. The van der Waals surface area contributed by atoms with E-state index >= 15 is 0 Å². The zero-order valence-corrected chi connectivity index (χ0v) is 15.5. The molecule has 134 valence electrons. The van der Waals surface area contributed by atoms with Gasteiger partial charge < -0.3 is 10.1 Å². The van der Waals surface area contributed by atoms with Crippen LogP contribution in [0.15, 0.2) is 54.6 Å². The van der Waals surface area contributed by atoms with Crippen LogP contribution in [-0.2, 0) is 0 Å². The monoisotopic (exact) mass is 369 g/mol. The third-order valence-corrected chi connectivity index (χ3v) is 4.52. The predicted molar refractivity (Wildman–Crippen MR) is 102 cm³/mol. The van der Waals surface area contributed by atoms with Crippen LogP contribution in [0.25, 0.3) is 5.69 Å². The Morgan fingerprint density at radius 2 is 1.81 bits per heavy atom. The first-order valence-electron chi connectivity index (χ1n) is 8.34. The van der Waals surface area contributed by atoms with E-state index in [1.165, 1.54) is 0 Å². The van der Waals surface area contributed by atoms with Crippen molar-refractivity contribution in [3.8, 4) is 11.4 Å². The molecule has 0 aliphatic carbocycles. The van der Waals surface area contributed by atoms with Gasteiger partial charge >= 0.3 is 0 Å². The van der Waals surface area contributed by atoms with E-state index in [-0.39, 0.29) is 5.91 Å². The van der Waals surface area contributed by atoms with Gasteiger partial charge in [0.1, 0.15) is 12.4 Å². The molecule has 1 amide bonds. The van der Waals surface area contributed by atoms with Gasteiger partial charge in [0.05, 0.1) is 28.6 Å². The molecule has 0 spiro atoms. The van der Waals surface area contributed by atoms with Gasteiger partial charge in [0.15, 0.2) is 0 Å². The molecule has 0 radical (unpaired) electrons. The summed E-state index contributed by atoms with van der Waals surface area (Å²) in [5, 5.41) is 7.91. The van der Waals surface area contributed by atoms with Crippen molar-refractivity contribution in [1.29, 1.82) is 0 Å². The Hall–Kier alpha value is -2.79. The maximum absolute atomic E-state index is 12.2. The molecule has 3 rings (SSSR count). The number of carbonyl (C=O) groups is 1. The highest BCUT2D eigenvalue weighted by molar-refractivity contribution is 6.31. The van der Waals surface area contributed by atoms with Crippen LogP contribution in [0.1, 0.15) is 21.7 Å². The van der Waals surface area contributed by atoms with Gasteiger partial charge in [0, 0.05) is 5.56 Å². The molecule has 0 saturated heterocycles. The van der Waals surface area contributed by atoms with E-state index < -0.39 is 0 Å². The van der Waals surface area contributed by atoms with Gasteiger partial charge in [-0.05, 0) is 50.2 Å². The van der Waals surface area contributed by atoms with E-state index in [1.807, 2.05) is 56.3 Å². The summed E-state index contributed by atoms with van der Waals surface area (Å²) in [7, 11) is 0. The second kappa shape index (κ2) is 8.06. The average Bonchev–Trinajstić information content (AvgIpc) is 2.93. The first kappa shape index (κ1) is 18.0. The summed E-state index contributed by atoms with van der Waals surface area (Å²) in [6.45, 7) is 4.63. The van der Waals surface area contributed by atoms with Crippen molar-refractivity contribution in [2.75, 3.05) is 13.2 Å². The molecule has 0 bridgehead atoms. The van der Waals surface area contributed by atoms with E-state index in [9.17, 15) is 4.79 Å². The van der Waals surface area contributed by atoms with Gasteiger partial charge in [0.2, 0.25) is 0 Å². The van der Waals surface area contributed by atoms with E-state index in [4.69, 9.17) is 16.3 Å². The van der Waals surface area contributed by atoms with Crippen LogP contribution >= 0.6 is 11.6 Å². The number of hydrogen-bond donors (Lipinski definition) is 1. The Morgan fingerprint density at radius 1 is 1.12 bits per heavy atom. The van der Waals surface area contributed by atoms with Gasteiger partial charge in [-0.15, -0.1) is 0 Å². The van der Waals surface area contributed by atoms with Crippen molar-refractivity contribution in [1.82, 2.24) is 15.1 Å². The second-order valence-corrected chi connectivity index (χ2v) is 6.24. The van der Waals surface area contributed by atoms with Crippen LogP contribution in [-0.4, -0.2) is 28.8 Å². The zero-order valence-electron chi connectivity index (χ0n) is 14.7. The lowest BCUT2D eigenvalue weighted by molar-refractivity contribution is 0.0947.